The van der Waals surface area contributed by atoms with Crippen LogP contribution in [0, 0.1) is 10.1 Å². The second kappa shape index (κ2) is 9.38. The highest BCUT2D eigenvalue weighted by atomic mass is 16.6. The Hall–Kier alpha value is -3.75. The highest BCUT2D eigenvalue weighted by molar-refractivity contribution is 6.15. The molecule has 0 radical (unpaired) electrons. The molecule has 2 aromatic rings. The molecule has 0 saturated carbocycles. The molecule has 0 bridgehead atoms. The molecule has 162 valence electrons. The number of nitrogens with zero attached hydrogens (tertiary/aromatic N) is 2. The molecular weight excluding hydrogens is 402 g/mol. The third kappa shape index (κ3) is 4.71. The summed E-state index contributed by atoms with van der Waals surface area (Å²) in [5.74, 6) is -1.63. The second-order valence-electron chi connectivity index (χ2n) is 7.19. The van der Waals surface area contributed by atoms with Gasteiger partial charge in [-0.25, -0.2) is 4.79 Å². The molecule has 31 heavy (non-hydrogen) atoms. The van der Waals surface area contributed by atoms with Crippen LogP contribution in [-0.4, -0.2) is 53.7 Å². The van der Waals surface area contributed by atoms with Crippen LogP contribution in [0.3, 0.4) is 0 Å². The van der Waals surface area contributed by atoms with Gasteiger partial charge in [0.15, 0.2) is 11.9 Å². The predicted molar refractivity (Wildman–Crippen MR) is 113 cm³/mol. The summed E-state index contributed by atoms with van der Waals surface area (Å²) in [6, 6.07) is 10.1. The van der Waals surface area contributed by atoms with Crippen molar-refractivity contribution in [2.75, 3.05) is 25.5 Å². The molecule has 1 N–H and O–H groups in total. The Kier molecular flexibility index (Phi) is 6.64. The van der Waals surface area contributed by atoms with Crippen LogP contribution in [0.5, 0.6) is 0 Å². The van der Waals surface area contributed by atoms with Gasteiger partial charge in [-0.1, -0.05) is 18.2 Å². The Morgan fingerprint density at radius 3 is 2.35 bits per heavy atom. The fourth-order valence-electron chi connectivity index (χ4n) is 3.52. The first-order valence-corrected chi connectivity index (χ1v) is 9.93. The lowest BCUT2D eigenvalue weighted by atomic mass is 9.97. The van der Waals surface area contributed by atoms with Crippen molar-refractivity contribution in [3.8, 4) is 0 Å². The van der Waals surface area contributed by atoms with Crippen LogP contribution in [-0.2, 0) is 9.53 Å². The monoisotopic (exact) mass is 425 g/mol. The number of ketones is 1. The van der Waals surface area contributed by atoms with E-state index in [1.54, 1.807) is 24.1 Å². The Morgan fingerprint density at radius 1 is 1.10 bits per heavy atom. The van der Waals surface area contributed by atoms with Crippen molar-refractivity contribution < 1.29 is 24.0 Å². The van der Waals surface area contributed by atoms with E-state index in [9.17, 15) is 24.5 Å². The average Bonchev–Trinajstić information content (AvgIpc) is 3.32. The minimum absolute atomic E-state index is 0.00563. The summed E-state index contributed by atoms with van der Waals surface area (Å²) in [5, 5.41) is 14.0. The average molecular weight is 425 g/mol. The number of likely N-dealkylation sites (tertiary alicyclic amines) is 1. The van der Waals surface area contributed by atoms with E-state index in [2.05, 4.69) is 5.32 Å². The lowest BCUT2D eigenvalue weighted by Gasteiger charge is -2.20. The van der Waals surface area contributed by atoms with E-state index in [0.717, 1.165) is 18.9 Å². The minimum atomic E-state index is -0.982. The largest absolute Gasteiger partial charge is 0.449 e. The first-order chi connectivity index (χ1) is 14.8. The predicted octanol–water partition coefficient (Wildman–Crippen LogP) is 3.04. The van der Waals surface area contributed by atoms with Crippen molar-refractivity contribution in [1.29, 1.82) is 0 Å². The third-order valence-corrected chi connectivity index (χ3v) is 5.17. The number of anilines is 1. The molecule has 0 unspecified atom stereocenters. The van der Waals surface area contributed by atoms with Gasteiger partial charge in [-0.3, -0.25) is 19.7 Å². The number of hydrogen-bond donors (Lipinski definition) is 1. The number of ether oxygens (including phenoxy) is 1. The number of nitro benzene ring substituents is 1. The van der Waals surface area contributed by atoms with Crippen molar-refractivity contribution in [2.45, 2.75) is 25.9 Å². The summed E-state index contributed by atoms with van der Waals surface area (Å²) in [6.07, 6.45) is 0.856. The minimum Gasteiger partial charge on any atom is -0.449 e. The maximum Gasteiger partial charge on any atom is 0.339 e. The van der Waals surface area contributed by atoms with Crippen LogP contribution in [0.25, 0.3) is 0 Å². The van der Waals surface area contributed by atoms with Crippen molar-refractivity contribution >= 4 is 29.0 Å². The van der Waals surface area contributed by atoms with Gasteiger partial charge in [0.1, 0.15) is 5.69 Å². The standard InChI is InChI=1S/C22H23N3O6/c1-14(21(27)24-11-5-6-12-24)31-22(28)17-8-4-3-7-16(17)20(26)15-9-10-18(23-2)19(13-15)25(29)30/h3-4,7-10,13-14,23H,5-6,11-12H2,1-2H3/t14-/m1/s1. The van der Waals surface area contributed by atoms with Gasteiger partial charge in [-0.2, -0.15) is 0 Å². The smallest absolute Gasteiger partial charge is 0.339 e. The van der Waals surface area contributed by atoms with Crippen LogP contribution in [0.1, 0.15) is 46.0 Å². The molecule has 3 rings (SSSR count). The first kappa shape index (κ1) is 21.9. The zero-order chi connectivity index (χ0) is 22.5. The molecule has 0 aliphatic carbocycles. The van der Waals surface area contributed by atoms with Gasteiger partial charge in [0.25, 0.3) is 11.6 Å². The molecule has 9 heteroatoms. The molecule has 2 aromatic carbocycles. The van der Waals surface area contributed by atoms with Crippen LogP contribution in [0.15, 0.2) is 42.5 Å². The van der Waals surface area contributed by atoms with Gasteiger partial charge in [0.05, 0.1) is 10.5 Å². The van der Waals surface area contributed by atoms with E-state index >= 15 is 0 Å². The van der Waals surface area contributed by atoms with Gasteiger partial charge < -0.3 is 15.0 Å². The van der Waals surface area contributed by atoms with Crippen LogP contribution in [0.4, 0.5) is 11.4 Å². The van der Waals surface area contributed by atoms with E-state index < -0.39 is 22.8 Å². The summed E-state index contributed by atoms with van der Waals surface area (Å²) in [5.41, 5.74) is 0.114. The van der Waals surface area contributed by atoms with E-state index in [0.29, 0.717) is 13.1 Å². The van der Waals surface area contributed by atoms with E-state index in [1.807, 2.05) is 0 Å². The fraction of sp³-hybridized carbons (Fsp3) is 0.318. The summed E-state index contributed by atoms with van der Waals surface area (Å²) in [6.45, 7) is 2.77. The number of nitro groups is 1. The molecule has 1 amide bonds. The number of hydrogen-bond acceptors (Lipinski definition) is 7. The van der Waals surface area contributed by atoms with Gasteiger partial charge in [0.2, 0.25) is 0 Å². The van der Waals surface area contributed by atoms with Crippen molar-refractivity contribution in [3.63, 3.8) is 0 Å². The highest BCUT2D eigenvalue weighted by Gasteiger charge is 2.28. The lowest BCUT2D eigenvalue weighted by Crippen LogP contribution is -2.38. The molecular formula is C22H23N3O6. The summed E-state index contributed by atoms with van der Waals surface area (Å²) in [7, 11) is 1.54. The molecule has 1 atom stereocenters. The summed E-state index contributed by atoms with van der Waals surface area (Å²) >= 11 is 0. The molecule has 1 aliphatic heterocycles. The number of esters is 1. The van der Waals surface area contributed by atoms with Crippen LogP contribution < -0.4 is 5.32 Å². The molecule has 0 aromatic heterocycles. The normalized spacial score (nSPS) is 14.1. The Morgan fingerprint density at radius 2 is 1.74 bits per heavy atom. The molecule has 1 aliphatic rings. The number of benzene rings is 2. The Balaban J connectivity index is 1.85. The number of amides is 1. The second-order valence-corrected chi connectivity index (χ2v) is 7.19. The topological polar surface area (TPSA) is 119 Å². The summed E-state index contributed by atoms with van der Waals surface area (Å²) < 4.78 is 5.34. The van der Waals surface area contributed by atoms with Crippen LogP contribution >= 0.6 is 0 Å². The zero-order valence-corrected chi connectivity index (χ0v) is 17.3. The molecule has 1 heterocycles. The van der Waals surface area contributed by atoms with Crippen LogP contribution in [0.2, 0.25) is 0 Å². The van der Waals surface area contributed by atoms with E-state index in [4.69, 9.17) is 4.74 Å². The number of rotatable bonds is 7. The zero-order valence-electron chi connectivity index (χ0n) is 17.3. The van der Waals surface area contributed by atoms with Gasteiger partial charge in [0, 0.05) is 37.3 Å². The number of carbonyl (C=O) groups is 3. The van der Waals surface area contributed by atoms with Gasteiger partial charge in [-0.05, 0) is 38.0 Å². The Bertz CT molecular complexity index is 1030. The Labute approximate surface area is 179 Å². The molecule has 9 nitrogen and oxygen atoms in total. The summed E-state index contributed by atoms with van der Waals surface area (Å²) in [4.78, 5) is 50.6. The quantitative estimate of drug-likeness (QED) is 0.313. The van der Waals surface area contributed by atoms with Crippen molar-refractivity contribution in [2.24, 2.45) is 0 Å². The van der Waals surface area contributed by atoms with Crippen molar-refractivity contribution in [3.05, 3.63) is 69.3 Å². The maximum atomic E-state index is 13.0. The highest BCUT2D eigenvalue weighted by Crippen LogP contribution is 2.27. The molecule has 1 fully saturated rings. The van der Waals surface area contributed by atoms with Gasteiger partial charge >= 0.3 is 5.97 Å². The lowest BCUT2D eigenvalue weighted by molar-refractivity contribution is -0.384. The fourth-order valence-corrected chi connectivity index (χ4v) is 3.52. The van der Waals surface area contributed by atoms with E-state index in [1.165, 1.54) is 31.2 Å². The van der Waals surface area contributed by atoms with Crippen molar-refractivity contribution in [1.82, 2.24) is 4.90 Å². The molecule has 1 saturated heterocycles. The SMILES string of the molecule is CNc1ccc(C(=O)c2ccccc2C(=O)O[C@H](C)C(=O)N2CCCC2)cc1[N+](=O)[O-]. The third-order valence-electron chi connectivity index (χ3n) is 5.17. The number of nitrogens with one attached hydrogen (secondary N) is 1. The van der Waals surface area contributed by atoms with E-state index in [-0.39, 0.29) is 34.0 Å². The maximum absolute atomic E-state index is 13.0. The first-order valence-electron chi connectivity index (χ1n) is 9.93. The van der Waals surface area contributed by atoms with Gasteiger partial charge in [-0.15, -0.1) is 0 Å². The number of carbonyl (C=O) groups excluding carboxylic acids is 3. The molecule has 0 spiro atoms.